The van der Waals surface area contributed by atoms with Crippen molar-refractivity contribution in [1.29, 1.82) is 0 Å². The Labute approximate surface area is 79.1 Å². The van der Waals surface area contributed by atoms with Gasteiger partial charge in [0.1, 0.15) is 0 Å². The summed E-state index contributed by atoms with van der Waals surface area (Å²) < 4.78 is 31.0. The summed E-state index contributed by atoms with van der Waals surface area (Å²) in [4.78, 5) is 0. The molecule has 0 radical (unpaired) electrons. The van der Waals surface area contributed by atoms with E-state index in [2.05, 4.69) is 3.02 Å². The van der Waals surface area contributed by atoms with Crippen molar-refractivity contribution in [3.8, 4) is 0 Å². The van der Waals surface area contributed by atoms with Gasteiger partial charge in [0.2, 0.25) is 0 Å². The normalized spacial score (nSPS) is 10.8. The maximum atomic E-state index is 10.2. The number of hydrogen-bond donors (Lipinski definition) is 2. The van der Waals surface area contributed by atoms with E-state index in [1.165, 1.54) is 0 Å². The Bertz CT molecular complexity index is 124. The molecule has 4 nitrogen and oxygen atoms in total. The molecule has 2 N–H and O–H groups in total. The molecular formula is C5H15O4SSb. The van der Waals surface area contributed by atoms with E-state index < -0.39 is 20.1 Å². The zero-order valence-corrected chi connectivity index (χ0v) is 10.0. The molecule has 6 heteroatoms. The number of rotatable bonds is 5. The molecule has 0 heterocycles. The van der Waals surface area contributed by atoms with Gasteiger partial charge in [-0.3, -0.25) is 0 Å². The standard InChI is InChI=1S/C5H11O.2H2O.O.H2S.Sb/c1-2-3-4-5-6;;;;;/h2-5H2,1H3;2*1H2;;1H2;/q-1;;;;;+3/p-2. The Balaban J connectivity index is 0. The van der Waals surface area contributed by atoms with E-state index in [-0.39, 0.29) is 20.1 Å². The van der Waals surface area contributed by atoms with Crippen LogP contribution in [-0.2, 0) is 6.03 Å². The summed E-state index contributed by atoms with van der Waals surface area (Å²) in [6, 6.07) is 0. The van der Waals surface area contributed by atoms with Gasteiger partial charge in [-0.25, -0.2) is 0 Å². The van der Waals surface area contributed by atoms with Crippen LogP contribution < -0.4 is 0 Å². The van der Waals surface area contributed by atoms with Crippen LogP contribution in [0.25, 0.3) is 0 Å². The van der Waals surface area contributed by atoms with Gasteiger partial charge in [-0.05, 0) is 0 Å². The van der Waals surface area contributed by atoms with E-state index in [1.807, 2.05) is 6.92 Å². The first-order valence-corrected chi connectivity index (χ1v) is 7.63. The molecule has 0 aliphatic rings. The first kappa shape index (κ1) is 14.4. The number of unbranched alkanes of at least 4 members (excludes halogenated alkanes) is 2. The molecular weight excluding hydrogens is 278 g/mol. The van der Waals surface area contributed by atoms with Crippen molar-refractivity contribution < 1.29 is 12.8 Å². The van der Waals surface area contributed by atoms with Crippen molar-refractivity contribution in [2.45, 2.75) is 26.2 Å². The Hall–Kier alpha value is 0.848. The van der Waals surface area contributed by atoms with Crippen LogP contribution in [0.15, 0.2) is 0 Å². The largest absolute Gasteiger partial charge is 0.197 e. The van der Waals surface area contributed by atoms with E-state index in [9.17, 15) is 3.02 Å². The van der Waals surface area contributed by atoms with Gasteiger partial charge in [0.05, 0.1) is 0 Å². The molecule has 0 unspecified atom stereocenters. The van der Waals surface area contributed by atoms with Crippen LogP contribution in [-0.4, -0.2) is 33.4 Å². The Morgan fingerprint density at radius 2 is 1.91 bits per heavy atom. The monoisotopic (exact) mass is 292 g/mol. The van der Waals surface area contributed by atoms with Crippen molar-refractivity contribution in [2.75, 3.05) is 6.61 Å². The predicted octanol–water partition coefficient (Wildman–Crippen LogP) is 0.157. The average molecular weight is 293 g/mol. The maximum Gasteiger partial charge on any atom is -0.197 e. The van der Waals surface area contributed by atoms with Crippen LogP contribution in [0.2, 0.25) is 0 Å². The molecule has 0 rings (SSSR count). The van der Waals surface area contributed by atoms with E-state index in [0.717, 1.165) is 19.3 Å². The molecule has 0 saturated heterocycles. The minimum absolute atomic E-state index is 0. The third-order valence-corrected chi connectivity index (χ3v) is 2.49. The third-order valence-electron chi connectivity index (χ3n) is 1.01. The van der Waals surface area contributed by atoms with Crippen molar-refractivity contribution in [2.24, 2.45) is 0 Å². The summed E-state index contributed by atoms with van der Waals surface area (Å²) >= 11 is -5.01. The van der Waals surface area contributed by atoms with Crippen LogP contribution in [0.1, 0.15) is 26.2 Å². The zero-order chi connectivity index (χ0) is 8.04. The molecule has 0 aliphatic carbocycles. The molecule has 0 aromatic carbocycles. The van der Waals surface area contributed by atoms with Crippen LogP contribution >= 0.6 is 13.5 Å². The Morgan fingerprint density at radius 3 is 2.27 bits per heavy atom. The van der Waals surface area contributed by atoms with Gasteiger partial charge >= 0.3 is 65.7 Å². The minimum atomic E-state index is -5.01. The quantitative estimate of drug-likeness (QED) is 0.559. The molecule has 0 bridgehead atoms. The van der Waals surface area contributed by atoms with E-state index in [4.69, 9.17) is 6.77 Å². The Kier molecular flexibility index (Phi) is 9.80. The summed E-state index contributed by atoms with van der Waals surface area (Å²) in [7, 11) is 0. The second-order valence-electron chi connectivity index (χ2n) is 2.03. The van der Waals surface area contributed by atoms with Crippen LogP contribution in [0, 0.1) is 0 Å². The summed E-state index contributed by atoms with van der Waals surface area (Å²) in [6.07, 6.45) is 2.72. The summed E-state index contributed by atoms with van der Waals surface area (Å²) in [5.41, 5.74) is 0. The van der Waals surface area contributed by atoms with Crippen molar-refractivity contribution in [3.63, 3.8) is 0 Å². The van der Waals surface area contributed by atoms with Gasteiger partial charge in [-0.15, -0.1) is 0 Å². The van der Waals surface area contributed by atoms with Gasteiger partial charge in [0.15, 0.2) is 0 Å². The summed E-state index contributed by atoms with van der Waals surface area (Å²) in [5, 5.41) is 0. The molecule has 70 valence electrons. The average Bonchev–Trinajstić information content (AvgIpc) is 1.78. The molecule has 0 amide bonds. The van der Waals surface area contributed by atoms with Gasteiger partial charge in [0.25, 0.3) is 0 Å². The molecule has 0 spiro atoms. The molecule has 11 heavy (non-hydrogen) atoms. The third kappa shape index (κ3) is 13.8. The SMILES string of the molecule is CCCCC[O][Sb](=[O])([OH])[OH].S. The molecule has 0 aliphatic heterocycles. The van der Waals surface area contributed by atoms with Crippen LogP contribution in [0.4, 0.5) is 0 Å². The second kappa shape index (κ2) is 7.49. The van der Waals surface area contributed by atoms with E-state index in [1.54, 1.807) is 0 Å². The fourth-order valence-corrected chi connectivity index (χ4v) is 1.58. The second-order valence-corrected chi connectivity index (χ2v) is 5.57. The molecule has 0 aromatic rings. The topological polar surface area (TPSA) is 66.8 Å². The Morgan fingerprint density at radius 1 is 1.36 bits per heavy atom. The van der Waals surface area contributed by atoms with E-state index in [0.29, 0.717) is 0 Å². The maximum absolute atomic E-state index is 10.2. The summed E-state index contributed by atoms with van der Waals surface area (Å²) in [6.45, 7) is 2.21. The number of hydrogen-bond acceptors (Lipinski definition) is 2. The zero-order valence-electron chi connectivity index (χ0n) is 6.49. The molecule has 0 saturated carbocycles. The molecule has 0 fully saturated rings. The van der Waals surface area contributed by atoms with Crippen molar-refractivity contribution in [3.05, 3.63) is 0 Å². The first-order valence-electron chi connectivity index (χ1n) is 3.26. The van der Waals surface area contributed by atoms with Crippen molar-refractivity contribution in [1.82, 2.24) is 0 Å². The van der Waals surface area contributed by atoms with Crippen molar-refractivity contribution >= 4 is 33.6 Å². The van der Waals surface area contributed by atoms with Crippen LogP contribution in [0.3, 0.4) is 0 Å². The predicted molar refractivity (Wildman–Crippen MR) is 46.7 cm³/mol. The van der Waals surface area contributed by atoms with Gasteiger partial charge in [-0.1, -0.05) is 0 Å². The van der Waals surface area contributed by atoms with E-state index >= 15 is 0 Å². The van der Waals surface area contributed by atoms with Gasteiger partial charge in [0, 0.05) is 0 Å². The van der Waals surface area contributed by atoms with Gasteiger partial charge < -0.3 is 0 Å². The van der Waals surface area contributed by atoms with Crippen LogP contribution in [0.5, 0.6) is 0 Å². The molecule has 0 atom stereocenters. The fourth-order valence-electron chi connectivity index (χ4n) is 0.536. The first-order chi connectivity index (χ1) is 4.56. The fraction of sp³-hybridized carbons (Fsp3) is 1.00. The van der Waals surface area contributed by atoms with Gasteiger partial charge in [-0.2, -0.15) is 13.5 Å². The molecule has 0 aromatic heterocycles. The minimum Gasteiger partial charge on any atom is -0.197 e. The smallest absolute Gasteiger partial charge is 0.197 e. The summed E-state index contributed by atoms with van der Waals surface area (Å²) in [5.74, 6) is 0.